The maximum absolute atomic E-state index is 4.18. The van der Waals surface area contributed by atoms with Gasteiger partial charge in [-0.2, -0.15) is 0 Å². The second kappa shape index (κ2) is 27.9. The Kier molecular flexibility index (Phi) is 17.5. The van der Waals surface area contributed by atoms with Crippen LogP contribution < -0.4 is 32.0 Å². The van der Waals surface area contributed by atoms with Crippen molar-refractivity contribution < 1.29 is 4.70 Å². The summed E-state index contributed by atoms with van der Waals surface area (Å²) in [5.74, 6) is 2.21. The Morgan fingerprint density at radius 2 is 0.539 bits per heavy atom. The highest BCUT2D eigenvalue weighted by molar-refractivity contribution is 9.25. The summed E-state index contributed by atoms with van der Waals surface area (Å²) in [4.78, 5) is 2.73. The van der Waals surface area contributed by atoms with E-state index in [0.29, 0.717) is 29.0 Å². The lowest BCUT2D eigenvalue weighted by Gasteiger charge is -2.60. The standard InChI is InChI=1S/C52H42B2N2.C37H28B2BrN.C15H15N.CH4.FH/c1-51(2)41-25-9-17-33-49(41)56(50-34-18-10-26-42(50)51)54-45-29-13-7-23-39(45)52(40-24-8-14-30-46(40)54)37-21-5-11-27-43(37)53(44-28-12-6-22-38(44)52)55-47-31-15-3-19-35(47)36-20-4-16-32-48(36)55;40-38-31-19-7-3-15-27(31)37(28-16-4-8-20-32(28)38)29-17-5-9-21-33(29)39(34-22-10-6-18-30(34)37)41-35-23-11-1-13-25(35)26-14-2-12-24-36(26)41;1-15(2)11-7-3-5-9-13(11)16-14-10-6-4-8-12(14)15;;/h3-34,37,39,43,45H,1-2H3;1-24,27,29,31,33H;3-10,16H,1-2H3;1H4;1H. The van der Waals surface area contributed by atoms with Crippen LogP contribution in [0.15, 0.2) is 388 Å². The maximum Gasteiger partial charge on any atom is 0.301 e. The first-order valence-corrected chi connectivity index (χ1v) is 41.8. The molecule has 6 aliphatic heterocycles. The number of nitrogens with one attached hydrogen (secondary N) is 1. The van der Waals surface area contributed by atoms with Crippen LogP contribution in [-0.2, 0) is 21.7 Å². The normalized spacial score (nSPS) is 24.0. The first kappa shape index (κ1) is 72.4. The summed E-state index contributed by atoms with van der Waals surface area (Å²) >= 11 is 4.18. The Morgan fingerprint density at radius 1 is 0.278 bits per heavy atom. The van der Waals surface area contributed by atoms with Gasteiger partial charge in [-0.25, -0.2) is 0 Å². The molecule has 10 unspecified atom stereocenters. The summed E-state index contributed by atoms with van der Waals surface area (Å²) in [5.41, 5.74) is 27.3. The van der Waals surface area contributed by atoms with E-state index in [0.717, 1.165) is 0 Å². The van der Waals surface area contributed by atoms with Crippen LogP contribution in [0.25, 0.3) is 43.6 Å². The van der Waals surface area contributed by atoms with E-state index in [9.17, 15) is 0 Å². The van der Waals surface area contributed by atoms with Crippen molar-refractivity contribution >= 4 is 130 Å². The number of nitrogens with zero attached hydrogens (tertiary/aromatic N) is 3. The monoisotopic (exact) mass is 1550 g/mol. The first-order chi connectivity index (χ1) is 55.6. The van der Waals surface area contributed by atoms with Crippen LogP contribution in [0.1, 0.15) is 79.6 Å². The molecule has 24 rings (SSSR count). The molecule has 10 aliphatic rings. The fourth-order valence-electron chi connectivity index (χ4n) is 24.0. The Morgan fingerprint density at radius 3 is 0.930 bits per heavy atom. The third-order valence-corrected chi connectivity index (χ3v) is 29.4. The summed E-state index contributed by atoms with van der Waals surface area (Å²) in [6, 6.07) is 109. The molecule has 10 atom stereocenters. The summed E-state index contributed by atoms with van der Waals surface area (Å²) in [6.45, 7) is 9.77. The largest absolute Gasteiger partial charge is 0.380 e. The fourth-order valence-corrected chi connectivity index (χ4v) is 24.9. The molecule has 0 fully saturated rings. The highest BCUT2D eigenvalue weighted by atomic mass is 79.9. The van der Waals surface area contributed by atoms with Crippen LogP contribution in [-0.4, -0.2) is 35.0 Å². The second-order valence-corrected chi connectivity index (χ2v) is 35.0. The van der Waals surface area contributed by atoms with Crippen molar-refractivity contribution in [2.24, 2.45) is 23.7 Å². The predicted octanol–water partition coefficient (Wildman–Crippen LogP) is 23.3. The zero-order valence-corrected chi connectivity index (χ0v) is 66.1. The lowest BCUT2D eigenvalue weighted by molar-refractivity contribution is 0.279. The average molecular weight is 1550 g/mol. The Labute approximate surface area is 685 Å². The topological polar surface area (TPSA) is 25.1 Å². The number of anilines is 4. The minimum absolute atomic E-state index is 0. The van der Waals surface area contributed by atoms with E-state index in [-0.39, 0.29) is 77.8 Å². The molecule has 0 bridgehead atoms. The Bertz CT molecular complexity index is 6300. The lowest BCUT2D eigenvalue weighted by atomic mass is 9.26. The molecule has 0 amide bonds. The number of hydrogen-bond donors (Lipinski definition) is 1. The van der Waals surface area contributed by atoms with Gasteiger partial charge in [-0.15, -0.1) is 15.8 Å². The molecule has 2 spiro atoms. The van der Waals surface area contributed by atoms with Crippen LogP contribution in [0.2, 0.25) is 23.3 Å². The zero-order chi connectivity index (χ0) is 75.5. The molecule has 115 heavy (non-hydrogen) atoms. The smallest absolute Gasteiger partial charge is 0.301 e. The number of hydrogen-bond acceptors (Lipinski definition) is 2. The molecule has 1 N–H and O–H groups in total. The average Bonchev–Trinajstić information content (AvgIpc) is 1.24. The number of fused-ring (bicyclic) bond motifs is 26. The zero-order valence-electron chi connectivity index (χ0n) is 64.5. The number of allylic oxidation sites excluding steroid dienone is 16. The minimum Gasteiger partial charge on any atom is -0.380 e. The maximum atomic E-state index is 4.18. The summed E-state index contributed by atoms with van der Waals surface area (Å²) in [5, 5.41) is 8.81. The van der Waals surface area contributed by atoms with E-state index < -0.39 is 0 Å². The van der Waals surface area contributed by atoms with Crippen molar-refractivity contribution in [3.8, 4) is 0 Å². The Balaban J connectivity index is 0.000000126. The van der Waals surface area contributed by atoms with E-state index >= 15 is 0 Å². The van der Waals surface area contributed by atoms with E-state index in [1.807, 2.05) is 0 Å². The van der Waals surface area contributed by atoms with Gasteiger partial charge >= 0.3 is 20.5 Å². The molecule has 0 radical (unpaired) electrons. The molecule has 4 aliphatic carbocycles. The van der Waals surface area contributed by atoms with Crippen LogP contribution in [0.5, 0.6) is 0 Å². The second-order valence-electron chi connectivity index (χ2n) is 34.0. The van der Waals surface area contributed by atoms with Gasteiger partial charge in [0.2, 0.25) is 0 Å². The summed E-state index contributed by atoms with van der Waals surface area (Å²) in [7, 11) is 0. The van der Waals surface area contributed by atoms with Gasteiger partial charge in [-0.1, -0.05) is 397 Å². The Hall–Kier alpha value is -11.6. The van der Waals surface area contributed by atoms with Gasteiger partial charge in [0, 0.05) is 88.0 Å². The number of aromatic nitrogens is 2. The van der Waals surface area contributed by atoms with E-state index in [2.05, 4.69) is 451 Å². The van der Waals surface area contributed by atoms with Crippen molar-refractivity contribution in [1.29, 1.82) is 0 Å². The van der Waals surface area contributed by atoms with Crippen LogP contribution in [0.4, 0.5) is 27.5 Å². The predicted molar refractivity (Wildman–Crippen MR) is 494 cm³/mol. The van der Waals surface area contributed by atoms with E-state index in [1.165, 1.54) is 133 Å². The van der Waals surface area contributed by atoms with E-state index in [4.69, 9.17) is 0 Å². The fraction of sp³-hybridized carbons (Fsp3) is 0.162. The molecule has 556 valence electrons. The molecule has 4 nitrogen and oxygen atoms in total. The van der Waals surface area contributed by atoms with Crippen molar-refractivity contribution in [2.75, 3.05) is 10.1 Å². The number of halogens is 2. The lowest BCUT2D eigenvalue weighted by Crippen LogP contribution is -2.68. The number of para-hydroxylation sites is 8. The van der Waals surface area contributed by atoms with Crippen molar-refractivity contribution in [3.05, 3.63) is 433 Å². The van der Waals surface area contributed by atoms with Crippen LogP contribution >= 0.6 is 15.8 Å². The van der Waals surface area contributed by atoms with Gasteiger partial charge in [0.05, 0.1) is 0 Å². The van der Waals surface area contributed by atoms with E-state index in [1.54, 1.807) is 0 Å². The summed E-state index contributed by atoms with van der Waals surface area (Å²) in [6.07, 6.45) is 38.7. The highest BCUT2D eigenvalue weighted by Gasteiger charge is 2.65. The number of benzene rings is 12. The summed E-state index contributed by atoms with van der Waals surface area (Å²) < 4.78 is 5.35. The van der Waals surface area contributed by atoms with Gasteiger partial charge in [-0.3, -0.25) is 4.70 Å². The molecular weight excluding hydrogens is 1460 g/mol. The molecular formula is C105H90B4BrFN4. The third-order valence-electron chi connectivity index (χ3n) is 28.3. The van der Waals surface area contributed by atoms with Crippen LogP contribution in [0, 0.1) is 23.7 Å². The molecule has 0 saturated carbocycles. The molecule has 12 aromatic carbocycles. The van der Waals surface area contributed by atoms with Crippen molar-refractivity contribution in [3.63, 3.8) is 0 Å². The first-order valence-electron chi connectivity index (χ1n) is 40.9. The molecule has 10 heteroatoms. The van der Waals surface area contributed by atoms with Gasteiger partial charge < -0.3 is 19.1 Å². The molecule has 14 aromatic rings. The highest BCUT2D eigenvalue weighted by Crippen LogP contribution is 2.65. The minimum atomic E-state index is -0.301. The molecule has 8 heterocycles. The molecule has 2 aromatic heterocycles. The van der Waals surface area contributed by atoms with Crippen molar-refractivity contribution in [1.82, 2.24) is 8.96 Å². The number of rotatable bonds is 3. The SMILES string of the molecule is BrB1c2ccccc2C2(c3ccccc3B(n3c4ccccc4c4ccccc43)C3C=CC=CC32)C2C=CC=CC12.C.CC1(C)c2ccccc2N(B2c3ccccc3C3(c4ccccc4B(n4c5ccccc5c5ccccc54)C4C=CC=CC43)C3C=CC=CC23)c2ccccc21.CC1(C)c2ccccc2Nc2ccccc21.F. The van der Waals surface area contributed by atoms with Gasteiger partial charge in [-0.05, 0) is 140 Å². The van der Waals surface area contributed by atoms with Crippen LogP contribution in [0.3, 0.4) is 0 Å². The quantitative estimate of drug-likeness (QED) is 0.178. The third kappa shape index (κ3) is 10.3. The molecule has 0 saturated heterocycles. The van der Waals surface area contributed by atoms with Gasteiger partial charge in [0.25, 0.3) is 5.54 Å². The van der Waals surface area contributed by atoms with Gasteiger partial charge in [0.1, 0.15) is 0 Å². The van der Waals surface area contributed by atoms with Gasteiger partial charge in [0.15, 0.2) is 0 Å². The van der Waals surface area contributed by atoms with Crippen molar-refractivity contribution in [2.45, 2.75) is 80.1 Å².